The van der Waals surface area contributed by atoms with Gasteiger partial charge in [-0.15, -0.1) is 0 Å². The van der Waals surface area contributed by atoms with Gasteiger partial charge in [0.2, 0.25) is 5.91 Å². The molecule has 2 amide bonds. The molecule has 57 heavy (non-hydrogen) atoms. The Morgan fingerprint density at radius 2 is 1.68 bits per heavy atom. The summed E-state index contributed by atoms with van der Waals surface area (Å²) in [5.74, 6) is 2.30. The zero-order valence-corrected chi connectivity index (χ0v) is 33.5. The average molecular weight is 777 g/mol. The normalized spacial score (nSPS) is 29.4. The van der Waals surface area contributed by atoms with Crippen LogP contribution in [0.5, 0.6) is 0 Å². The van der Waals surface area contributed by atoms with E-state index in [1.807, 2.05) is 17.0 Å². The molecule has 0 bridgehead atoms. The van der Waals surface area contributed by atoms with E-state index in [-0.39, 0.29) is 28.4 Å². The van der Waals surface area contributed by atoms with E-state index >= 15 is 0 Å². The van der Waals surface area contributed by atoms with Crippen molar-refractivity contribution >= 4 is 22.6 Å². The van der Waals surface area contributed by atoms with Crippen LogP contribution in [-0.2, 0) is 28.8 Å². The summed E-state index contributed by atoms with van der Waals surface area (Å²) in [7, 11) is 0. The molecule has 2 N–H and O–H groups in total. The first kappa shape index (κ1) is 38.2. The molecule has 0 radical (unpaired) electrons. The number of aromatic amines is 2. The van der Waals surface area contributed by atoms with Gasteiger partial charge in [-0.3, -0.25) is 19.5 Å². The summed E-state index contributed by atoms with van der Waals surface area (Å²) in [4.78, 5) is 42.3. The SMILES string of the molecule is CC12Cc3cn[nH]c3CC1CCC1C2CCC2(C)C(OCCCCCC(=O)N3CCN(C(=O)c4cc(Cc5n[nH]c(=O)c6ccccc56)ccc4F)CC3)CCC12. The van der Waals surface area contributed by atoms with Gasteiger partial charge in [-0.2, -0.15) is 10.2 Å². The van der Waals surface area contributed by atoms with Gasteiger partial charge >= 0.3 is 0 Å². The highest BCUT2D eigenvalue weighted by Gasteiger charge is 2.60. The van der Waals surface area contributed by atoms with Crippen LogP contribution in [0.2, 0.25) is 0 Å². The van der Waals surface area contributed by atoms with Gasteiger partial charge in [-0.25, -0.2) is 9.49 Å². The van der Waals surface area contributed by atoms with Gasteiger partial charge in [-0.1, -0.05) is 44.5 Å². The van der Waals surface area contributed by atoms with Gasteiger partial charge in [-0.05, 0) is 128 Å². The third kappa shape index (κ3) is 7.01. The summed E-state index contributed by atoms with van der Waals surface area (Å²) in [6, 6.07) is 11.8. The lowest BCUT2D eigenvalue weighted by Gasteiger charge is -2.60. The monoisotopic (exact) mass is 776 g/mol. The maximum absolute atomic E-state index is 15.0. The molecule has 5 aliphatic rings. The molecular formula is C46H57FN6O4. The number of ether oxygens (including phenoxy) is 1. The number of aromatic nitrogens is 4. The van der Waals surface area contributed by atoms with E-state index < -0.39 is 5.82 Å². The summed E-state index contributed by atoms with van der Waals surface area (Å²) >= 11 is 0. The fourth-order valence-electron chi connectivity index (χ4n) is 12.3. The summed E-state index contributed by atoms with van der Waals surface area (Å²) in [6.45, 7) is 7.50. The number of fused-ring (bicyclic) bond motifs is 7. The lowest BCUT2D eigenvalue weighted by atomic mass is 9.45. The smallest absolute Gasteiger partial charge is 0.272 e. The summed E-state index contributed by atoms with van der Waals surface area (Å²) in [6.07, 6.45) is 16.1. The number of H-pyrrole nitrogens is 2. The third-order valence-electron chi connectivity index (χ3n) is 15.5. The number of carbonyl (C=O) groups excluding carboxylic acids is 2. The average Bonchev–Trinajstić information content (AvgIpc) is 3.82. The predicted octanol–water partition coefficient (Wildman–Crippen LogP) is 7.26. The van der Waals surface area contributed by atoms with Crippen molar-refractivity contribution in [1.29, 1.82) is 0 Å². The second-order valence-corrected chi connectivity index (χ2v) is 18.4. The Morgan fingerprint density at radius 3 is 2.53 bits per heavy atom. The minimum Gasteiger partial charge on any atom is -0.378 e. The first-order valence-corrected chi connectivity index (χ1v) is 21.6. The molecule has 3 saturated carbocycles. The van der Waals surface area contributed by atoms with Gasteiger partial charge < -0.3 is 14.5 Å². The fourth-order valence-corrected chi connectivity index (χ4v) is 12.3. The number of halogens is 1. The Kier molecular flexibility index (Phi) is 10.3. The van der Waals surface area contributed by atoms with E-state index in [0.29, 0.717) is 61.6 Å². The molecule has 10 nitrogen and oxygen atoms in total. The molecular weight excluding hydrogens is 720 g/mol. The van der Waals surface area contributed by atoms with Crippen molar-refractivity contribution in [2.45, 2.75) is 103 Å². The molecule has 4 fully saturated rings. The van der Waals surface area contributed by atoms with Gasteiger partial charge in [0.1, 0.15) is 5.82 Å². The lowest BCUT2D eigenvalue weighted by Crippen LogP contribution is -2.54. The largest absolute Gasteiger partial charge is 0.378 e. The minimum absolute atomic E-state index is 0.00741. The van der Waals surface area contributed by atoms with E-state index in [2.05, 4.69) is 40.4 Å². The highest BCUT2D eigenvalue weighted by Crippen LogP contribution is 2.66. The van der Waals surface area contributed by atoms with E-state index in [4.69, 9.17) is 4.74 Å². The minimum atomic E-state index is -0.578. The lowest BCUT2D eigenvalue weighted by molar-refractivity contribution is -0.132. The molecule has 3 heterocycles. The van der Waals surface area contributed by atoms with E-state index in [1.165, 1.54) is 68.7 Å². The van der Waals surface area contributed by atoms with Crippen LogP contribution in [0.4, 0.5) is 4.39 Å². The van der Waals surface area contributed by atoms with Gasteiger partial charge in [0, 0.05) is 56.7 Å². The number of nitrogens with zero attached hydrogens (tertiary/aromatic N) is 4. The van der Waals surface area contributed by atoms with Crippen molar-refractivity contribution in [2.75, 3.05) is 32.8 Å². The molecule has 11 heteroatoms. The molecule has 4 aromatic rings. The number of hydrogen-bond acceptors (Lipinski definition) is 6. The molecule has 2 aromatic carbocycles. The van der Waals surface area contributed by atoms with Crippen molar-refractivity contribution < 1.29 is 18.7 Å². The number of carbonyl (C=O) groups is 2. The Morgan fingerprint density at radius 1 is 0.895 bits per heavy atom. The van der Waals surface area contributed by atoms with E-state index in [1.54, 1.807) is 29.2 Å². The van der Waals surface area contributed by atoms with E-state index in [0.717, 1.165) is 60.5 Å². The van der Waals surface area contributed by atoms with Crippen LogP contribution >= 0.6 is 0 Å². The first-order valence-electron chi connectivity index (χ1n) is 21.6. The predicted molar refractivity (Wildman–Crippen MR) is 216 cm³/mol. The Bertz CT molecular complexity index is 2190. The van der Waals surface area contributed by atoms with Crippen LogP contribution in [0, 0.1) is 40.3 Å². The molecule has 9 rings (SSSR count). The van der Waals surface area contributed by atoms with Crippen molar-refractivity contribution in [3.8, 4) is 0 Å². The number of benzene rings is 2. The van der Waals surface area contributed by atoms with Gasteiger partial charge in [0.15, 0.2) is 0 Å². The standard InChI is InChI=1S/C46H57FN6O4/c1-45-18-17-37-34(13-12-31-26-39-30(28-48-49-39)27-46(31,37)2)36(45)14-16-41(45)57-23-7-3-4-10-42(54)52-19-21-53(22-20-52)44(56)35-24-29(11-15-38(35)47)25-40-32-8-5-6-9-33(32)43(55)51-50-40/h5-6,8-9,11,15,24,28,31,34,36-37,41H,3-4,7,10,12-14,16-23,25-27H2,1-2H3,(H,48,49)(H,51,55). The molecule has 0 spiro atoms. The molecule has 302 valence electrons. The van der Waals surface area contributed by atoms with Crippen LogP contribution in [0.1, 0.15) is 111 Å². The molecule has 2 aromatic heterocycles. The fraction of sp³-hybridized carbons (Fsp3) is 0.587. The molecule has 7 atom stereocenters. The number of unbranched alkanes of at least 4 members (excludes halogenated alkanes) is 2. The molecule has 4 aliphatic carbocycles. The quantitative estimate of drug-likeness (QED) is 0.164. The Labute approximate surface area is 334 Å². The van der Waals surface area contributed by atoms with Crippen molar-refractivity contribution in [2.24, 2.45) is 34.5 Å². The number of amides is 2. The highest BCUT2D eigenvalue weighted by molar-refractivity contribution is 5.95. The first-order chi connectivity index (χ1) is 27.6. The van der Waals surface area contributed by atoms with Crippen LogP contribution in [0.15, 0.2) is 53.5 Å². The van der Waals surface area contributed by atoms with E-state index in [9.17, 15) is 18.8 Å². The van der Waals surface area contributed by atoms with Crippen LogP contribution in [0.3, 0.4) is 0 Å². The Hall–Kier alpha value is -4.38. The third-order valence-corrected chi connectivity index (χ3v) is 15.5. The summed E-state index contributed by atoms with van der Waals surface area (Å²) in [5, 5.41) is 15.7. The van der Waals surface area contributed by atoms with Crippen molar-refractivity contribution in [3.63, 3.8) is 0 Å². The number of rotatable bonds is 10. The maximum Gasteiger partial charge on any atom is 0.272 e. The van der Waals surface area contributed by atoms with Crippen LogP contribution in [-0.4, -0.2) is 80.9 Å². The highest BCUT2D eigenvalue weighted by atomic mass is 19.1. The zero-order chi connectivity index (χ0) is 39.3. The second kappa shape index (κ2) is 15.4. The van der Waals surface area contributed by atoms with Gasteiger partial charge in [0.05, 0.1) is 28.9 Å². The molecule has 1 aliphatic heterocycles. The summed E-state index contributed by atoms with van der Waals surface area (Å²) < 4.78 is 21.7. The van der Waals surface area contributed by atoms with Crippen LogP contribution < -0.4 is 5.56 Å². The summed E-state index contributed by atoms with van der Waals surface area (Å²) in [5.41, 5.74) is 4.60. The van der Waals surface area contributed by atoms with Crippen molar-refractivity contribution in [3.05, 3.63) is 92.9 Å². The topological polar surface area (TPSA) is 124 Å². The number of nitrogens with one attached hydrogen (secondary N) is 2. The zero-order valence-electron chi connectivity index (χ0n) is 33.5. The van der Waals surface area contributed by atoms with Crippen LogP contribution in [0.25, 0.3) is 10.8 Å². The maximum atomic E-state index is 15.0. The second-order valence-electron chi connectivity index (χ2n) is 18.4. The van der Waals surface area contributed by atoms with Gasteiger partial charge in [0.25, 0.3) is 11.5 Å². The molecule has 7 unspecified atom stereocenters. The molecule has 1 saturated heterocycles. The number of hydrogen-bond donors (Lipinski definition) is 2. The Balaban J connectivity index is 0.707. The van der Waals surface area contributed by atoms with Crippen molar-refractivity contribution in [1.82, 2.24) is 30.2 Å². The number of piperazine rings is 1.